The van der Waals surface area contributed by atoms with Gasteiger partial charge in [0.05, 0.1) is 22.8 Å². The molecule has 0 saturated heterocycles. The van der Waals surface area contributed by atoms with Crippen LogP contribution in [0.15, 0.2) is 44.2 Å². The molecule has 7 nitrogen and oxygen atoms in total. The van der Waals surface area contributed by atoms with Crippen molar-refractivity contribution in [1.29, 1.82) is 5.26 Å². The van der Waals surface area contributed by atoms with E-state index in [-0.39, 0.29) is 17.2 Å². The summed E-state index contributed by atoms with van der Waals surface area (Å²) in [6, 6.07) is 8.33. The first kappa shape index (κ1) is 17.1. The van der Waals surface area contributed by atoms with Gasteiger partial charge in [0.2, 0.25) is 5.88 Å². The molecule has 0 bridgehead atoms. The zero-order valence-electron chi connectivity index (χ0n) is 13.8. The number of nitro groups is 1. The van der Waals surface area contributed by atoms with E-state index in [1.54, 1.807) is 19.9 Å². The Morgan fingerprint density at radius 3 is 2.73 bits per heavy atom. The second-order valence-corrected chi connectivity index (χ2v) is 5.45. The number of nitro benzene ring substituents is 1. The van der Waals surface area contributed by atoms with Crippen molar-refractivity contribution in [3.05, 3.63) is 68.9 Å². The van der Waals surface area contributed by atoms with Gasteiger partial charge in [0.1, 0.15) is 34.7 Å². The summed E-state index contributed by atoms with van der Waals surface area (Å²) < 4.78 is 24.2. The summed E-state index contributed by atoms with van der Waals surface area (Å²) in [6.45, 7) is 3.49. The number of hydrogen-bond donors (Lipinski definition) is 0. The Bertz CT molecular complexity index is 1070. The van der Waals surface area contributed by atoms with E-state index >= 15 is 0 Å². The van der Waals surface area contributed by atoms with Crippen molar-refractivity contribution >= 4 is 17.8 Å². The summed E-state index contributed by atoms with van der Waals surface area (Å²) in [5.41, 5.74) is 0.798. The number of benzene rings is 1. The minimum absolute atomic E-state index is 0.151. The molecule has 0 aliphatic heterocycles. The van der Waals surface area contributed by atoms with Gasteiger partial charge < -0.3 is 8.83 Å². The van der Waals surface area contributed by atoms with Crippen LogP contribution in [-0.4, -0.2) is 11.1 Å². The summed E-state index contributed by atoms with van der Waals surface area (Å²) in [5, 5.41) is 20.3. The zero-order valence-corrected chi connectivity index (χ0v) is 13.8. The standard InChI is InChI=1S/C18H12FN3O4/c1-10-11(2)25-18(15(10)8-20)21-9-13-4-6-17(26-13)14-5-3-12(19)7-16(14)22(23)24/h3-7,9H,1-2H3. The molecular formula is C18H12FN3O4. The van der Waals surface area contributed by atoms with E-state index < -0.39 is 16.4 Å². The van der Waals surface area contributed by atoms with Crippen LogP contribution in [0.3, 0.4) is 0 Å². The van der Waals surface area contributed by atoms with Crippen LogP contribution < -0.4 is 0 Å². The summed E-state index contributed by atoms with van der Waals surface area (Å²) in [5.74, 6) is 0.546. The number of nitrogens with zero attached hydrogens (tertiary/aromatic N) is 3. The second kappa shape index (κ2) is 6.64. The number of rotatable bonds is 4. The maximum Gasteiger partial charge on any atom is 0.283 e. The van der Waals surface area contributed by atoms with Crippen molar-refractivity contribution in [1.82, 2.24) is 0 Å². The summed E-state index contributed by atoms with van der Waals surface area (Å²) in [4.78, 5) is 14.5. The van der Waals surface area contributed by atoms with Gasteiger partial charge in [0, 0.05) is 5.56 Å². The van der Waals surface area contributed by atoms with Crippen molar-refractivity contribution < 1.29 is 18.1 Å². The van der Waals surface area contributed by atoms with Gasteiger partial charge in [0.15, 0.2) is 0 Å². The van der Waals surface area contributed by atoms with E-state index in [2.05, 4.69) is 4.99 Å². The topological polar surface area (TPSA) is 106 Å². The Morgan fingerprint density at radius 1 is 1.27 bits per heavy atom. The Balaban J connectivity index is 1.94. The molecule has 0 spiro atoms. The van der Waals surface area contributed by atoms with Crippen LogP contribution in [0, 0.1) is 41.1 Å². The number of hydrogen-bond acceptors (Lipinski definition) is 6. The molecule has 3 aromatic rings. The molecule has 0 radical (unpaired) electrons. The van der Waals surface area contributed by atoms with Gasteiger partial charge in [-0.25, -0.2) is 9.38 Å². The van der Waals surface area contributed by atoms with Crippen LogP contribution >= 0.6 is 0 Å². The molecule has 0 unspecified atom stereocenters. The maximum atomic E-state index is 13.2. The number of aliphatic imine (C=N–C) groups is 1. The third kappa shape index (κ3) is 3.10. The number of aryl methyl sites for hydroxylation is 1. The fourth-order valence-corrected chi connectivity index (χ4v) is 2.39. The number of nitriles is 1. The number of furan rings is 2. The molecule has 0 N–H and O–H groups in total. The fourth-order valence-electron chi connectivity index (χ4n) is 2.39. The molecule has 130 valence electrons. The van der Waals surface area contributed by atoms with Crippen LogP contribution in [0.25, 0.3) is 11.3 Å². The van der Waals surface area contributed by atoms with Crippen LogP contribution in [0.5, 0.6) is 0 Å². The predicted molar refractivity (Wildman–Crippen MR) is 90.9 cm³/mol. The van der Waals surface area contributed by atoms with Gasteiger partial charge in [-0.05, 0) is 38.1 Å². The molecule has 2 aromatic heterocycles. The monoisotopic (exact) mass is 353 g/mol. The van der Waals surface area contributed by atoms with Gasteiger partial charge >= 0.3 is 0 Å². The molecule has 0 atom stereocenters. The molecular weight excluding hydrogens is 341 g/mol. The van der Waals surface area contributed by atoms with Crippen molar-refractivity contribution in [3.8, 4) is 17.4 Å². The predicted octanol–water partition coefficient (Wildman–Crippen LogP) is 4.83. The summed E-state index contributed by atoms with van der Waals surface area (Å²) in [6.07, 6.45) is 1.34. The lowest BCUT2D eigenvalue weighted by atomic mass is 10.1. The van der Waals surface area contributed by atoms with E-state index in [0.717, 1.165) is 12.1 Å². The van der Waals surface area contributed by atoms with E-state index in [1.807, 2.05) is 6.07 Å². The average Bonchev–Trinajstić information content (AvgIpc) is 3.18. The molecule has 3 rings (SSSR count). The quantitative estimate of drug-likeness (QED) is 0.379. The van der Waals surface area contributed by atoms with E-state index in [9.17, 15) is 14.5 Å². The highest BCUT2D eigenvalue weighted by molar-refractivity contribution is 5.81. The molecule has 0 aliphatic rings. The molecule has 8 heteroatoms. The van der Waals surface area contributed by atoms with E-state index in [0.29, 0.717) is 22.6 Å². The van der Waals surface area contributed by atoms with E-state index in [4.69, 9.17) is 14.1 Å². The molecule has 0 saturated carbocycles. The summed E-state index contributed by atoms with van der Waals surface area (Å²) >= 11 is 0. The lowest BCUT2D eigenvalue weighted by Crippen LogP contribution is -1.92. The molecule has 2 heterocycles. The van der Waals surface area contributed by atoms with Crippen molar-refractivity contribution in [2.75, 3.05) is 0 Å². The summed E-state index contributed by atoms with van der Waals surface area (Å²) in [7, 11) is 0. The van der Waals surface area contributed by atoms with Gasteiger partial charge in [-0.3, -0.25) is 10.1 Å². The third-order valence-corrected chi connectivity index (χ3v) is 3.84. The highest BCUT2D eigenvalue weighted by Gasteiger charge is 2.19. The van der Waals surface area contributed by atoms with Crippen molar-refractivity contribution in [2.45, 2.75) is 13.8 Å². The number of halogens is 1. The minimum Gasteiger partial charge on any atom is -0.455 e. The normalized spacial score (nSPS) is 11.0. The Labute approximate surface area is 147 Å². The fraction of sp³-hybridized carbons (Fsp3) is 0.111. The highest BCUT2D eigenvalue weighted by atomic mass is 19.1. The van der Waals surface area contributed by atoms with E-state index in [1.165, 1.54) is 18.3 Å². The Kier molecular flexibility index (Phi) is 4.37. The maximum absolute atomic E-state index is 13.2. The second-order valence-electron chi connectivity index (χ2n) is 5.45. The lowest BCUT2D eigenvalue weighted by Gasteiger charge is -1.99. The largest absolute Gasteiger partial charge is 0.455 e. The van der Waals surface area contributed by atoms with Gasteiger partial charge in [0.25, 0.3) is 5.69 Å². The molecule has 0 aliphatic carbocycles. The Morgan fingerprint density at radius 2 is 2.04 bits per heavy atom. The van der Waals surface area contributed by atoms with Crippen molar-refractivity contribution in [3.63, 3.8) is 0 Å². The van der Waals surface area contributed by atoms with Crippen LogP contribution in [0.2, 0.25) is 0 Å². The zero-order chi connectivity index (χ0) is 18.8. The van der Waals surface area contributed by atoms with Gasteiger partial charge in [-0.2, -0.15) is 5.26 Å². The molecule has 0 fully saturated rings. The SMILES string of the molecule is Cc1oc(N=Cc2ccc(-c3ccc(F)cc3[N+](=O)[O-])o2)c(C#N)c1C. The van der Waals surface area contributed by atoms with Gasteiger partial charge in [-0.15, -0.1) is 0 Å². The molecule has 0 amide bonds. The molecule has 1 aromatic carbocycles. The average molecular weight is 353 g/mol. The van der Waals surface area contributed by atoms with Crippen molar-refractivity contribution in [2.24, 2.45) is 4.99 Å². The first-order valence-corrected chi connectivity index (χ1v) is 7.49. The van der Waals surface area contributed by atoms with Gasteiger partial charge in [-0.1, -0.05) is 0 Å². The Hall–Kier alpha value is -3.73. The smallest absolute Gasteiger partial charge is 0.283 e. The lowest BCUT2D eigenvalue weighted by molar-refractivity contribution is -0.384. The molecule has 26 heavy (non-hydrogen) atoms. The van der Waals surface area contributed by atoms with Crippen LogP contribution in [0.4, 0.5) is 16.0 Å². The third-order valence-electron chi connectivity index (χ3n) is 3.84. The first-order chi connectivity index (χ1) is 12.4. The highest BCUT2D eigenvalue weighted by Crippen LogP contribution is 2.32. The van der Waals surface area contributed by atoms with Crippen LogP contribution in [0.1, 0.15) is 22.6 Å². The van der Waals surface area contributed by atoms with Crippen LogP contribution in [-0.2, 0) is 0 Å². The minimum atomic E-state index is -0.707. The first-order valence-electron chi connectivity index (χ1n) is 7.49.